The van der Waals surface area contributed by atoms with Gasteiger partial charge in [0.1, 0.15) is 5.82 Å². The lowest BCUT2D eigenvalue weighted by Gasteiger charge is -2.16. The summed E-state index contributed by atoms with van der Waals surface area (Å²) >= 11 is 0. The number of rotatable bonds is 3. The zero-order valence-corrected chi connectivity index (χ0v) is 11.5. The first kappa shape index (κ1) is 13.1. The molecule has 1 amide bonds. The van der Waals surface area contributed by atoms with Crippen LogP contribution in [0, 0.1) is 0 Å². The van der Waals surface area contributed by atoms with Gasteiger partial charge < -0.3 is 14.9 Å². The lowest BCUT2D eigenvalue weighted by atomic mass is 10.1. The second-order valence-electron chi connectivity index (χ2n) is 4.79. The molecular weight excluding hydrogens is 268 g/mol. The first-order chi connectivity index (χ1) is 10.1. The predicted octanol–water partition coefficient (Wildman–Crippen LogP) is 1.52. The minimum absolute atomic E-state index is 0.214. The third kappa shape index (κ3) is 2.55. The molecule has 3 aromatic rings. The van der Waals surface area contributed by atoms with E-state index in [2.05, 4.69) is 15.0 Å². The lowest BCUT2D eigenvalue weighted by molar-refractivity contribution is 0.0783. The molecule has 0 aliphatic carbocycles. The van der Waals surface area contributed by atoms with Crippen LogP contribution in [0.15, 0.2) is 47.5 Å². The molecule has 2 aromatic heterocycles. The third-order valence-electron chi connectivity index (χ3n) is 3.27. The van der Waals surface area contributed by atoms with E-state index in [0.29, 0.717) is 23.4 Å². The second-order valence-corrected chi connectivity index (χ2v) is 4.79. The van der Waals surface area contributed by atoms with Crippen LogP contribution in [0.3, 0.4) is 0 Å². The maximum atomic E-state index is 12.6. The Morgan fingerprint density at radius 3 is 2.90 bits per heavy atom. The summed E-state index contributed by atoms with van der Waals surface area (Å²) in [6, 6.07) is 8.59. The molecule has 0 radical (unpaired) electrons. The van der Waals surface area contributed by atoms with Gasteiger partial charge in [-0.25, -0.2) is 4.98 Å². The number of aromatic amines is 2. The normalized spacial score (nSPS) is 10.7. The Morgan fingerprint density at radius 2 is 2.14 bits per heavy atom. The Kier molecular flexibility index (Phi) is 3.27. The predicted molar refractivity (Wildman–Crippen MR) is 79.0 cm³/mol. The molecule has 0 fully saturated rings. The average molecular weight is 282 g/mol. The number of nitrogens with zero attached hydrogens (tertiary/aromatic N) is 2. The molecule has 0 aliphatic heterocycles. The van der Waals surface area contributed by atoms with Crippen LogP contribution in [0.2, 0.25) is 0 Å². The van der Waals surface area contributed by atoms with Crippen LogP contribution in [0.25, 0.3) is 10.9 Å². The van der Waals surface area contributed by atoms with Gasteiger partial charge in [0.2, 0.25) is 5.56 Å². The van der Waals surface area contributed by atoms with E-state index in [9.17, 15) is 9.59 Å². The summed E-state index contributed by atoms with van der Waals surface area (Å²) in [5, 5.41) is 0.730. The Balaban J connectivity index is 1.99. The van der Waals surface area contributed by atoms with Crippen LogP contribution in [0.5, 0.6) is 0 Å². The van der Waals surface area contributed by atoms with Gasteiger partial charge in [0.15, 0.2) is 0 Å². The van der Waals surface area contributed by atoms with Crippen LogP contribution < -0.4 is 5.56 Å². The van der Waals surface area contributed by atoms with Gasteiger partial charge in [-0.3, -0.25) is 9.59 Å². The summed E-state index contributed by atoms with van der Waals surface area (Å²) < 4.78 is 0. The maximum absolute atomic E-state index is 12.6. The molecule has 0 spiro atoms. The molecule has 3 rings (SSSR count). The zero-order chi connectivity index (χ0) is 14.8. The van der Waals surface area contributed by atoms with Gasteiger partial charge in [0.25, 0.3) is 5.91 Å². The molecule has 6 nitrogen and oxygen atoms in total. The van der Waals surface area contributed by atoms with Crippen molar-refractivity contribution in [3.8, 4) is 0 Å². The minimum Gasteiger partial charge on any atom is -0.347 e. The van der Waals surface area contributed by atoms with E-state index >= 15 is 0 Å². The second kappa shape index (κ2) is 5.24. The van der Waals surface area contributed by atoms with Crippen LogP contribution >= 0.6 is 0 Å². The standard InChI is InChI=1S/C15H14N4O2/c1-19(9-13-16-6-7-17-13)15(21)11-8-14(20)18-12-5-3-2-4-10(11)12/h2-8H,9H2,1H3,(H,16,17)(H,18,20). The SMILES string of the molecule is CN(Cc1ncc[nH]1)C(=O)c1cc(=O)[nH]c2ccccc12. The first-order valence-corrected chi connectivity index (χ1v) is 6.51. The molecule has 106 valence electrons. The van der Waals surface area contributed by atoms with E-state index in [0.717, 1.165) is 5.39 Å². The number of nitrogens with one attached hydrogen (secondary N) is 2. The fraction of sp³-hybridized carbons (Fsp3) is 0.133. The van der Waals surface area contributed by atoms with Gasteiger partial charge in [-0.2, -0.15) is 0 Å². The number of hydrogen-bond donors (Lipinski definition) is 2. The van der Waals surface area contributed by atoms with Gasteiger partial charge in [-0.05, 0) is 6.07 Å². The highest BCUT2D eigenvalue weighted by atomic mass is 16.2. The van der Waals surface area contributed by atoms with Gasteiger partial charge >= 0.3 is 0 Å². The number of amides is 1. The summed E-state index contributed by atoms with van der Waals surface area (Å²) in [7, 11) is 1.68. The smallest absolute Gasteiger partial charge is 0.254 e. The Morgan fingerprint density at radius 1 is 1.33 bits per heavy atom. The summed E-state index contributed by atoms with van der Waals surface area (Å²) in [5.74, 6) is 0.480. The lowest BCUT2D eigenvalue weighted by Crippen LogP contribution is -2.28. The number of carbonyl (C=O) groups is 1. The summed E-state index contributed by atoms with van der Waals surface area (Å²) in [4.78, 5) is 35.6. The van der Waals surface area contributed by atoms with Crippen molar-refractivity contribution < 1.29 is 4.79 Å². The van der Waals surface area contributed by atoms with E-state index in [1.165, 1.54) is 11.0 Å². The van der Waals surface area contributed by atoms with Crippen molar-refractivity contribution in [1.82, 2.24) is 19.9 Å². The number of carbonyl (C=O) groups excluding carboxylic acids is 1. The molecule has 2 heterocycles. The number of aromatic nitrogens is 3. The molecule has 2 N–H and O–H groups in total. The molecule has 0 saturated carbocycles. The van der Waals surface area contributed by atoms with Gasteiger partial charge in [0.05, 0.1) is 12.1 Å². The van der Waals surface area contributed by atoms with Crippen LogP contribution in [0.1, 0.15) is 16.2 Å². The molecule has 0 unspecified atom stereocenters. The van der Waals surface area contributed by atoms with Crippen molar-refractivity contribution in [2.24, 2.45) is 0 Å². The Hall–Kier alpha value is -2.89. The van der Waals surface area contributed by atoms with Gasteiger partial charge in [0, 0.05) is 36.4 Å². The number of hydrogen-bond acceptors (Lipinski definition) is 3. The number of para-hydroxylation sites is 1. The Bertz CT molecular complexity index is 836. The third-order valence-corrected chi connectivity index (χ3v) is 3.27. The van der Waals surface area contributed by atoms with Gasteiger partial charge in [-0.15, -0.1) is 0 Å². The van der Waals surface area contributed by atoms with E-state index < -0.39 is 0 Å². The van der Waals surface area contributed by atoms with Crippen molar-refractivity contribution >= 4 is 16.8 Å². The molecule has 0 bridgehead atoms. The van der Waals surface area contributed by atoms with Crippen molar-refractivity contribution in [2.75, 3.05) is 7.05 Å². The first-order valence-electron chi connectivity index (χ1n) is 6.51. The average Bonchev–Trinajstić information content (AvgIpc) is 2.98. The number of imidazole rings is 1. The highest BCUT2D eigenvalue weighted by Crippen LogP contribution is 2.16. The largest absolute Gasteiger partial charge is 0.347 e. The number of fused-ring (bicyclic) bond motifs is 1. The summed E-state index contributed by atoms with van der Waals surface area (Å²) in [6.07, 6.45) is 3.34. The molecule has 6 heteroatoms. The van der Waals surface area contributed by atoms with Gasteiger partial charge in [-0.1, -0.05) is 18.2 Å². The molecule has 0 saturated heterocycles. The number of benzene rings is 1. The van der Waals surface area contributed by atoms with Crippen molar-refractivity contribution in [3.63, 3.8) is 0 Å². The molecule has 1 aromatic carbocycles. The summed E-state index contributed by atoms with van der Waals surface area (Å²) in [6.45, 7) is 0.354. The molecule has 21 heavy (non-hydrogen) atoms. The van der Waals surface area contributed by atoms with E-state index in [4.69, 9.17) is 0 Å². The van der Waals surface area contributed by atoms with E-state index in [-0.39, 0.29) is 11.5 Å². The molecular formula is C15H14N4O2. The summed E-state index contributed by atoms with van der Waals surface area (Å²) in [5.41, 5.74) is 0.756. The topological polar surface area (TPSA) is 81.8 Å². The van der Waals surface area contributed by atoms with E-state index in [1.807, 2.05) is 18.2 Å². The van der Waals surface area contributed by atoms with E-state index in [1.54, 1.807) is 25.5 Å². The monoisotopic (exact) mass is 282 g/mol. The van der Waals surface area contributed by atoms with Crippen LogP contribution in [0.4, 0.5) is 0 Å². The van der Waals surface area contributed by atoms with Crippen molar-refractivity contribution in [1.29, 1.82) is 0 Å². The van der Waals surface area contributed by atoms with Crippen molar-refractivity contribution in [3.05, 3.63) is 64.5 Å². The highest BCUT2D eigenvalue weighted by Gasteiger charge is 2.16. The van der Waals surface area contributed by atoms with Crippen LogP contribution in [-0.2, 0) is 6.54 Å². The fourth-order valence-corrected chi connectivity index (χ4v) is 2.27. The zero-order valence-electron chi connectivity index (χ0n) is 11.5. The maximum Gasteiger partial charge on any atom is 0.254 e. The quantitative estimate of drug-likeness (QED) is 0.764. The Labute approximate surface area is 120 Å². The van der Waals surface area contributed by atoms with Crippen molar-refractivity contribution in [2.45, 2.75) is 6.54 Å². The molecule has 0 atom stereocenters. The van der Waals surface area contributed by atoms with Crippen LogP contribution in [-0.4, -0.2) is 32.8 Å². The fourth-order valence-electron chi connectivity index (χ4n) is 2.27. The minimum atomic E-state index is -0.288. The highest BCUT2D eigenvalue weighted by molar-refractivity contribution is 6.05. The molecule has 0 aliphatic rings. The number of pyridine rings is 1. The number of H-pyrrole nitrogens is 2.